The van der Waals surface area contributed by atoms with Crippen LogP contribution in [-0.4, -0.2) is 0 Å². The van der Waals surface area contributed by atoms with Crippen LogP contribution in [0.4, 0.5) is 8.78 Å². The van der Waals surface area contributed by atoms with Gasteiger partial charge < -0.3 is 9.30 Å². The molecule has 3 rings (SSSR count). The van der Waals surface area contributed by atoms with Crippen LogP contribution in [0, 0.1) is 11.6 Å². The Balaban J connectivity index is 2.40. The molecule has 0 radical (unpaired) electrons. The fraction of sp³-hybridized carbons (Fsp3) is 0.111. The van der Waals surface area contributed by atoms with Gasteiger partial charge in [0, 0.05) is 5.31 Å². The average Bonchev–Trinajstić information content (AvgIpc) is 2.54. The van der Waals surface area contributed by atoms with E-state index in [4.69, 9.17) is 4.74 Å². The van der Waals surface area contributed by atoms with Crippen molar-refractivity contribution in [3.8, 4) is 11.5 Å². The van der Waals surface area contributed by atoms with Crippen LogP contribution in [0.15, 0.2) is 59.9 Å². The van der Waals surface area contributed by atoms with Crippen LogP contribution in [0.2, 0.25) is 0 Å². The highest BCUT2D eigenvalue weighted by molar-refractivity contribution is 7.83. The minimum Gasteiger partial charge on any atom is -0.456 e. The molecule has 0 saturated carbocycles. The second-order valence-electron chi connectivity index (χ2n) is 5.15. The summed E-state index contributed by atoms with van der Waals surface area (Å²) in [5, 5.41) is 1.02. The SMILES string of the molecule is C/C=C\C(=C/C)P1(=O)c2cc(F)ccc2Oc2ccc(F)cc21. The van der Waals surface area contributed by atoms with E-state index in [0.717, 1.165) is 0 Å². The average molecular weight is 332 g/mol. The molecule has 0 amide bonds. The smallest absolute Gasteiger partial charge is 0.178 e. The Hall–Kier alpha value is -2.19. The van der Waals surface area contributed by atoms with Crippen molar-refractivity contribution in [1.29, 1.82) is 0 Å². The van der Waals surface area contributed by atoms with E-state index in [1.807, 2.05) is 0 Å². The monoisotopic (exact) mass is 332 g/mol. The summed E-state index contributed by atoms with van der Waals surface area (Å²) in [4.78, 5) is 0. The standard InChI is InChI=1S/C18H15F2O2P/c1-3-5-14(4-2)23(21)17-10-12(19)6-8-15(17)22-16-9-7-13(20)11-18(16)23/h3-11H,1-2H3/b5-3-,14-4+. The van der Waals surface area contributed by atoms with Crippen LogP contribution in [0.1, 0.15) is 13.8 Å². The zero-order valence-electron chi connectivity index (χ0n) is 12.7. The van der Waals surface area contributed by atoms with E-state index in [9.17, 15) is 13.3 Å². The largest absolute Gasteiger partial charge is 0.456 e. The molecule has 0 unspecified atom stereocenters. The third-order valence-corrected chi connectivity index (χ3v) is 6.93. The van der Waals surface area contributed by atoms with Gasteiger partial charge in [0.1, 0.15) is 23.1 Å². The number of ether oxygens (including phenoxy) is 1. The normalized spacial score (nSPS) is 15.9. The first-order chi connectivity index (χ1) is 11.0. The first kappa shape index (κ1) is 15.7. The van der Waals surface area contributed by atoms with Crippen LogP contribution >= 0.6 is 7.14 Å². The van der Waals surface area contributed by atoms with E-state index in [-0.39, 0.29) is 10.6 Å². The Morgan fingerprint density at radius 1 is 1.00 bits per heavy atom. The van der Waals surface area contributed by atoms with Crippen molar-refractivity contribution < 1.29 is 18.1 Å². The van der Waals surface area contributed by atoms with Crippen molar-refractivity contribution in [2.75, 3.05) is 0 Å². The maximum atomic E-state index is 14.0. The summed E-state index contributed by atoms with van der Waals surface area (Å²) in [5.74, 6) is -0.359. The molecule has 0 bridgehead atoms. The summed E-state index contributed by atoms with van der Waals surface area (Å²) in [6, 6.07) is 7.82. The molecule has 1 aliphatic heterocycles. The highest BCUT2D eigenvalue weighted by atomic mass is 31.2. The lowest BCUT2D eigenvalue weighted by Gasteiger charge is -2.29. The van der Waals surface area contributed by atoms with Gasteiger partial charge in [-0.1, -0.05) is 18.2 Å². The number of hydrogen-bond acceptors (Lipinski definition) is 2. The van der Waals surface area contributed by atoms with Crippen molar-refractivity contribution in [2.45, 2.75) is 13.8 Å². The van der Waals surface area contributed by atoms with E-state index >= 15 is 0 Å². The summed E-state index contributed by atoms with van der Waals surface area (Å²) in [7, 11) is -3.40. The van der Waals surface area contributed by atoms with Crippen LogP contribution in [0.25, 0.3) is 0 Å². The summed E-state index contributed by atoms with van der Waals surface area (Å²) in [6.45, 7) is 3.55. The maximum Gasteiger partial charge on any atom is 0.178 e. The number of hydrogen-bond donors (Lipinski definition) is 0. The number of halogens is 2. The quantitative estimate of drug-likeness (QED) is 0.580. The molecule has 2 nitrogen and oxygen atoms in total. The summed E-state index contributed by atoms with van der Waals surface area (Å²) < 4.78 is 47.2. The maximum absolute atomic E-state index is 14.0. The Morgan fingerprint density at radius 3 is 1.96 bits per heavy atom. The van der Waals surface area contributed by atoms with Crippen LogP contribution < -0.4 is 15.3 Å². The van der Waals surface area contributed by atoms with Crippen molar-refractivity contribution in [3.05, 3.63) is 71.6 Å². The van der Waals surface area contributed by atoms with Gasteiger partial charge in [0.15, 0.2) is 7.14 Å². The lowest BCUT2D eigenvalue weighted by atomic mass is 10.3. The second kappa shape index (κ2) is 5.78. The highest BCUT2D eigenvalue weighted by Crippen LogP contribution is 2.58. The lowest BCUT2D eigenvalue weighted by molar-refractivity contribution is 0.481. The molecule has 0 aromatic heterocycles. The van der Waals surface area contributed by atoms with Gasteiger partial charge in [0.05, 0.1) is 10.6 Å². The van der Waals surface area contributed by atoms with Gasteiger partial charge >= 0.3 is 0 Å². The lowest BCUT2D eigenvalue weighted by Crippen LogP contribution is -2.25. The topological polar surface area (TPSA) is 26.3 Å². The fourth-order valence-electron chi connectivity index (χ4n) is 2.73. The van der Waals surface area contributed by atoms with Crippen molar-refractivity contribution in [2.24, 2.45) is 0 Å². The Bertz CT molecular complexity index is 829. The summed E-state index contributed by atoms with van der Waals surface area (Å²) in [6.07, 6.45) is 5.16. The van der Waals surface area contributed by atoms with E-state index in [1.54, 1.807) is 32.1 Å². The number of benzene rings is 2. The van der Waals surface area contributed by atoms with Gasteiger partial charge in [-0.3, -0.25) is 0 Å². The third kappa shape index (κ3) is 2.43. The Morgan fingerprint density at radius 2 is 1.52 bits per heavy atom. The number of allylic oxidation sites excluding steroid dienone is 4. The predicted molar refractivity (Wildman–Crippen MR) is 88.3 cm³/mol. The van der Waals surface area contributed by atoms with Crippen LogP contribution in [0.3, 0.4) is 0 Å². The number of rotatable bonds is 2. The van der Waals surface area contributed by atoms with Crippen LogP contribution in [-0.2, 0) is 4.57 Å². The zero-order valence-corrected chi connectivity index (χ0v) is 13.6. The van der Waals surface area contributed by atoms with E-state index < -0.39 is 18.8 Å². The van der Waals surface area contributed by atoms with E-state index in [1.165, 1.54) is 36.4 Å². The molecule has 23 heavy (non-hydrogen) atoms. The molecular formula is C18H15F2O2P. The molecule has 1 aliphatic rings. The first-order valence-corrected chi connectivity index (χ1v) is 8.89. The Labute approximate surface area is 133 Å². The molecule has 0 spiro atoms. The fourth-order valence-corrected chi connectivity index (χ4v) is 5.74. The molecular weight excluding hydrogens is 317 g/mol. The second-order valence-corrected chi connectivity index (χ2v) is 7.85. The molecule has 2 aromatic rings. The molecule has 0 fully saturated rings. The van der Waals surface area contributed by atoms with Crippen molar-refractivity contribution >= 4 is 17.8 Å². The third-order valence-electron chi connectivity index (χ3n) is 3.74. The predicted octanol–water partition coefficient (Wildman–Crippen LogP) is 4.86. The number of fused-ring (bicyclic) bond motifs is 2. The molecule has 118 valence electrons. The molecule has 1 heterocycles. The molecule has 5 heteroatoms. The Kier molecular flexibility index (Phi) is 3.95. The van der Waals surface area contributed by atoms with Gasteiger partial charge in [0.2, 0.25) is 0 Å². The molecule has 0 N–H and O–H groups in total. The molecule has 0 saturated heterocycles. The van der Waals surface area contributed by atoms with Gasteiger partial charge in [-0.2, -0.15) is 0 Å². The summed E-state index contributed by atoms with van der Waals surface area (Å²) >= 11 is 0. The van der Waals surface area contributed by atoms with Gasteiger partial charge in [-0.15, -0.1) is 0 Å². The van der Waals surface area contributed by atoms with Crippen molar-refractivity contribution in [1.82, 2.24) is 0 Å². The highest BCUT2D eigenvalue weighted by Gasteiger charge is 2.40. The van der Waals surface area contributed by atoms with Crippen LogP contribution in [0.5, 0.6) is 11.5 Å². The van der Waals surface area contributed by atoms with Gasteiger partial charge in [-0.25, -0.2) is 8.78 Å². The molecule has 2 aromatic carbocycles. The minimum atomic E-state index is -3.40. The zero-order chi connectivity index (χ0) is 16.6. The molecule has 0 aliphatic carbocycles. The molecule has 0 atom stereocenters. The van der Waals surface area contributed by atoms with Gasteiger partial charge in [0.25, 0.3) is 0 Å². The van der Waals surface area contributed by atoms with E-state index in [0.29, 0.717) is 16.8 Å². The van der Waals surface area contributed by atoms with E-state index in [2.05, 4.69) is 0 Å². The first-order valence-electron chi connectivity index (χ1n) is 7.18. The van der Waals surface area contributed by atoms with Crippen molar-refractivity contribution in [3.63, 3.8) is 0 Å². The summed E-state index contributed by atoms with van der Waals surface area (Å²) in [5.41, 5.74) is 0. The minimum absolute atomic E-state index is 0.252. The van der Waals surface area contributed by atoms with Gasteiger partial charge in [-0.05, 0) is 50.2 Å².